The lowest BCUT2D eigenvalue weighted by atomic mass is 10.1. The predicted octanol–water partition coefficient (Wildman–Crippen LogP) is 12.4. The minimum Gasteiger partial charge on any atom is -0.459 e. The topological polar surface area (TPSA) is 100 Å². The van der Waals surface area contributed by atoms with E-state index >= 15 is 0 Å². The number of esters is 1. The Kier molecular flexibility index (Phi) is 23.7. The molecule has 0 N–H and O–H groups in total. The Balaban J connectivity index is 0.796. The first-order chi connectivity index (χ1) is 31.6. The quantitative estimate of drug-likeness (QED) is 0.0283. The fourth-order valence-electron chi connectivity index (χ4n) is 6.19. The molecule has 0 unspecified atom stereocenters. The van der Waals surface area contributed by atoms with E-state index in [9.17, 15) is 4.79 Å². The third-order valence-corrected chi connectivity index (χ3v) is 17.0. The molecule has 10 nitrogen and oxygen atoms in total. The molecule has 0 radical (unpaired) electrons. The molecule has 6 aromatic rings. The smallest absolute Gasteiger partial charge is 0.348 e. The van der Waals surface area contributed by atoms with Gasteiger partial charge in [-0.2, -0.15) is 0 Å². The molecule has 0 amide bonds. The fourth-order valence-corrected chi connectivity index (χ4v) is 12.6. The molecule has 16 heteroatoms. The number of rotatable bonds is 35. The van der Waals surface area contributed by atoms with E-state index in [0.29, 0.717) is 104 Å². The molecule has 348 valence electrons. The van der Waals surface area contributed by atoms with Crippen molar-refractivity contribution >= 4 is 74.0 Å². The third kappa shape index (κ3) is 17.5. The molecule has 6 rings (SSSR count). The molecular formula is C48H60O10S6. The van der Waals surface area contributed by atoms with Crippen LogP contribution < -0.4 is 0 Å². The Hall–Kier alpha value is -2.65. The van der Waals surface area contributed by atoms with Gasteiger partial charge in [0.2, 0.25) is 0 Å². The summed E-state index contributed by atoms with van der Waals surface area (Å²) in [4.78, 5) is 27.4. The van der Waals surface area contributed by atoms with Gasteiger partial charge in [0.25, 0.3) is 0 Å². The third-order valence-electron chi connectivity index (χ3n) is 9.51. The van der Waals surface area contributed by atoms with E-state index in [2.05, 4.69) is 67.6 Å². The van der Waals surface area contributed by atoms with Crippen molar-refractivity contribution in [2.24, 2.45) is 0 Å². The number of thiophene rings is 6. The lowest BCUT2D eigenvalue weighted by Crippen LogP contribution is -2.15. The molecule has 6 heterocycles. The van der Waals surface area contributed by atoms with Gasteiger partial charge in [0, 0.05) is 60.8 Å². The zero-order chi connectivity index (χ0) is 44.4. The van der Waals surface area contributed by atoms with Gasteiger partial charge in [0.15, 0.2) is 0 Å². The number of hydrogen-bond donors (Lipinski definition) is 0. The summed E-state index contributed by atoms with van der Waals surface area (Å²) < 4.78 is 48.8. The molecule has 0 fully saturated rings. The number of aryl methyl sites for hydroxylation is 1. The number of unbranched alkanes of at least 4 members (excludes halogenated alkanes) is 3. The first-order valence-electron chi connectivity index (χ1n) is 21.9. The predicted molar refractivity (Wildman–Crippen MR) is 267 cm³/mol. The van der Waals surface area contributed by atoms with Gasteiger partial charge in [-0.3, -0.25) is 0 Å². The zero-order valence-corrected chi connectivity index (χ0v) is 41.7. The van der Waals surface area contributed by atoms with Crippen LogP contribution in [0.2, 0.25) is 0 Å². The lowest BCUT2D eigenvalue weighted by molar-refractivity contribution is -0.0235. The van der Waals surface area contributed by atoms with Gasteiger partial charge in [0.1, 0.15) is 11.5 Å². The second-order valence-corrected chi connectivity index (χ2v) is 20.9. The van der Waals surface area contributed by atoms with E-state index in [0.717, 1.165) is 9.75 Å². The lowest BCUT2D eigenvalue weighted by Gasteiger charge is -2.08. The Bertz CT molecular complexity index is 2160. The highest BCUT2D eigenvalue weighted by molar-refractivity contribution is 7.30. The molecule has 0 aliphatic rings. The Labute approximate surface area is 402 Å². The maximum Gasteiger partial charge on any atom is 0.348 e. The molecule has 64 heavy (non-hydrogen) atoms. The second-order valence-electron chi connectivity index (χ2n) is 14.3. The van der Waals surface area contributed by atoms with Crippen molar-refractivity contribution in [1.82, 2.24) is 0 Å². The number of carbonyl (C=O) groups excluding carboxylic acids is 1. The Morgan fingerprint density at radius 3 is 1.09 bits per heavy atom. The highest BCUT2D eigenvalue weighted by Gasteiger charge is 2.16. The zero-order valence-electron chi connectivity index (χ0n) is 36.8. The number of carbonyl (C=O) groups is 1. The maximum absolute atomic E-state index is 12.8. The van der Waals surface area contributed by atoms with Gasteiger partial charge in [-0.25, -0.2) is 4.79 Å². The van der Waals surface area contributed by atoms with Crippen molar-refractivity contribution in [1.29, 1.82) is 0 Å². The summed E-state index contributed by atoms with van der Waals surface area (Å²) in [5.41, 5.74) is 0. The van der Waals surface area contributed by atoms with Crippen molar-refractivity contribution in [3.8, 4) is 48.8 Å². The molecule has 0 aliphatic carbocycles. The highest BCUT2D eigenvalue weighted by atomic mass is 32.1. The molecule has 0 aliphatic heterocycles. The number of ether oxygens (including phenoxy) is 9. The molecule has 0 saturated carbocycles. The van der Waals surface area contributed by atoms with Gasteiger partial charge >= 0.3 is 5.97 Å². The van der Waals surface area contributed by atoms with Crippen molar-refractivity contribution < 1.29 is 47.4 Å². The number of hydrogen-bond acceptors (Lipinski definition) is 16. The van der Waals surface area contributed by atoms with Crippen LogP contribution in [0.5, 0.6) is 0 Å². The van der Waals surface area contributed by atoms with E-state index in [1.54, 1.807) is 18.4 Å². The van der Waals surface area contributed by atoms with Gasteiger partial charge in [-0.1, -0.05) is 26.2 Å². The van der Waals surface area contributed by atoms with E-state index in [4.69, 9.17) is 42.6 Å². The molecule has 0 atom stereocenters. The summed E-state index contributed by atoms with van der Waals surface area (Å²) in [6, 6.07) is 26.3. The van der Waals surface area contributed by atoms with Crippen molar-refractivity contribution in [2.75, 3.05) is 113 Å². The highest BCUT2D eigenvalue weighted by Crippen LogP contribution is 2.46. The first kappa shape index (κ1) is 50.8. The fraction of sp³-hybridized carbons (Fsp3) is 0.479. The molecule has 0 spiro atoms. The van der Waals surface area contributed by atoms with Crippen LogP contribution in [0.1, 0.15) is 47.2 Å². The SMILES string of the molecule is CCCCCCc1ccc(-c2ccc(-c3ccc(-c4ccc(-c5ccc(-c6ccc(C(=O)OCCOCCOCCOCCOCCOCCOCCOCCOC)s6)s5)s4)s3)s2)s1. The van der Waals surface area contributed by atoms with Crippen LogP contribution in [0.3, 0.4) is 0 Å². The number of methoxy groups -OCH3 is 1. The molecule has 0 saturated heterocycles. The molecule has 0 aromatic carbocycles. The van der Waals surface area contributed by atoms with Crippen LogP contribution >= 0.6 is 68.0 Å². The monoisotopic (exact) mass is 988 g/mol. The van der Waals surface area contributed by atoms with Gasteiger partial charge in [0.05, 0.1) is 99.1 Å². The van der Waals surface area contributed by atoms with E-state index < -0.39 is 0 Å². The molecule has 0 bridgehead atoms. The summed E-state index contributed by atoms with van der Waals surface area (Å²) in [5.74, 6) is -0.339. The van der Waals surface area contributed by atoms with Crippen molar-refractivity contribution in [3.05, 3.63) is 82.6 Å². The Morgan fingerprint density at radius 1 is 0.375 bits per heavy atom. The van der Waals surface area contributed by atoms with Crippen molar-refractivity contribution in [3.63, 3.8) is 0 Å². The largest absolute Gasteiger partial charge is 0.459 e. The summed E-state index contributed by atoms with van der Waals surface area (Å²) >= 11 is 10.7. The minimum atomic E-state index is -0.339. The van der Waals surface area contributed by atoms with Crippen LogP contribution in [0, 0.1) is 0 Å². The first-order valence-corrected chi connectivity index (χ1v) is 26.8. The summed E-state index contributed by atoms with van der Waals surface area (Å²) in [6.45, 7) is 9.79. The van der Waals surface area contributed by atoms with Gasteiger partial charge in [-0.05, 0) is 85.6 Å². The molecular weight excluding hydrogens is 929 g/mol. The summed E-state index contributed by atoms with van der Waals surface area (Å²) in [7, 11) is 1.65. The van der Waals surface area contributed by atoms with E-state index in [-0.39, 0.29) is 12.6 Å². The summed E-state index contributed by atoms with van der Waals surface area (Å²) in [6.07, 6.45) is 6.41. The van der Waals surface area contributed by atoms with Gasteiger partial charge in [-0.15, -0.1) is 68.0 Å². The van der Waals surface area contributed by atoms with Crippen LogP contribution in [-0.2, 0) is 49.1 Å². The normalized spacial score (nSPS) is 11.6. The van der Waals surface area contributed by atoms with Gasteiger partial charge < -0.3 is 42.6 Å². The van der Waals surface area contributed by atoms with Crippen LogP contribution in [0.25, 0.3) is 48.8 Å². The standard InChI is InChI=1S/C48H60O10S6/c1-3-4-5-6-7-36-8-9-37(59-36)38-10-11-39(60-38)40-12-13-41(61-40)42-14-15-43(62-42)44-16-17-45(63-44)46-18-19-47(64-46)48(49)58-35-34-57-33-32-56-31-30-55-29-28-54-27-26-53-25-24-52-23-22-51-21-20-50-2/h8-19H,3-7,20-35H2,1-2H3. The Morgan fingerprint density at radius 2 is 0.703 bits per heavy atom. The summed E-state index contributed by atoms with van der Waals surface area (Å²) in [5, 5.41) is 0. The van der Waals surface area contributed by atoms with Crippen LogP contribution in [-0.4, -0.2) is 119 Å². The van der Waals surface area contributed by atoms with Crippen molar-refractivity contribution in [2.45, 2.75) is 39.0 Å². The second kappa shape index (κ2) is 29.9. The minimum absolute atomic E-state index is 0.179. The van der Waals surface area contributed by atoms with E-state index in [1.165, 1.54) is 87.3 Å². The average Bonchev–Trinajstić information content (AvgIpc) is 4.17. The van der Waals surface area contributed by atoms with E-state index in [1.807, 2.05) is 57.5 Å². The maximum atomic E-state index is 12.8. The average molecular weight is 989 g/mol. The van der Waals surface area contributed by atoms with Crippen LogP contribution in [0.4, 0.5) is 0 Å². The van der Waals surface area contributed by atoms with Crippen LogP contribution in [0.15, 0.2) is 72.8 Å². The molecule has 6 aromatic heterocycles.